The molecule has 2 aliphatic heterocycles. The monoisotopic (exact) mass is 278 g/mol. The van der Waals surface area contributed by atoms with Gasteiger partial charge in [0.1, 0.15) is 11.5 Å². The number of rotatable bonds is 3. The fraction of sp³-hybridized carbons (Fsp3) is 0.667. The zero-order chi connectivity index (χ0) is 14.1. The minimum absolute atomic E-state index is 0.0564. The van der Waals surface area contributed by atoms with E-state index in [0.29, 0.717) is 30.6 Å². The Morgan fingerprint density at radius 3 is 2.70 bits per heavy atom. The summed E-state index contributed by atoms with van der Waals surface area (Å²) in [4.78, 5) is 14.8. The van der Waals surface area contributed by atoms with Crippen LogP contribution in [0.15, 0.2) is 10.5 Å². The van der Waals surface area contributed by atoms with Crippen LogP contribution >= 0.6 is 0 Å². The first-order chi connectivity index (χ1) is 9.65. The van der Waals surface area contributed by atoms with E-state index < -0.39 is 0 Å². The molecule has 2 saturated heterocycles. The van der Waals surface area contributed by atoms with Crippen molar-refractivity contribution in [1.82, 2.24) is 10.2 Å². The van der Waals surface area contributed by atoms with Crippen molar-refractivity contribution < 1.29 is 13.9 Å². The Kier molecular flexibility index (Phi) is 3.81. The lowest BCUT2D eigenvalue weighted by molar-refractivity contribution is 0.0915. The largest absolute Gasteiger partial charge is 0.466 e. The predicted octanol–water partition coefficient (Wildman–Crippen LogP) is 1.49. The summed E-state index contributed by atoms with van der Waals surface area (Å²) < 4.78 is 11.0. The number of amides is 1. The van der Waals surface area contributed by atoms with E-state index in [1.807, 2.05) is 13.8 Å². The summed E-state index contributed by atoms with van der Waals surface area (Å²) in [6.07, 6.45) is 2.49. The Morgan fingerprint density at radius 1 is 1.30 bits per heavy atom. The molecule has 3 rings (SSSR count). The van der Waals surface area contributed by atoms with E-state index in [9.17, 15) is 4.79 Å². The molecule has 3 heterocycles. The predicted molar refractivity (Wildman–Crippen MR) is 74.9 cm³/mol. The van der Waals surface area contributed by atoms with E-state index in [1.54, 1.807) is 6.07 Å². The Hall–Kier alpha value is -1.33. The SMILES string of the molecule is Cc1cc(C(=O)N[C@@H]2COC[C@H]2N2CCCC2)c(C)o1. The summed E-state index contributed by atoms with van der Waals surface area (Å²) in [5.41, 5.74) is 0.634. The first-order valence-electron chi connectivity index (χ1n) is 7.35. The summed E-state index contributed by atoms with van der Waals surface area (Å²) in [5.74, 6) is 1.39. The molecule has 1 aromatic rings. The lowest BCUT2D eigenvalue weighted by Gasteiger charge is -2.27. The zero-order valence-corrected chi connectivity index (χ0v) is 12.1. The van der Waals surface area contributed by atoms with Gasteiger partial charge in [-0.1, -0.05) is 0 Å². The first-order valence-corrected chi connectivity index (χ1v) is 7.35. The van der Waals surface area contributed by atoms with Gasteiger partial charge < -0.3 is 14.5 Å². The van der Waals surface area contributed by atoms with Crippen LogP contribution in [0.25, 0.3) is 0 Å². The van der Waals surface area contributed by atoms with Crippen molar-refractivity contribution in [3.05, 3.63) is 23.2 Å². The molecule has 0 aliphatic carbocycles. The van der Waals surface area contributed by atoms with Crippen LogP contribution in [0.3, 0.4) is 0 Å². The standard InChI is InChI=1S/C15H22N2O3/c1-10-7-12(11(2)20-10)15(18)16-13-8-19-9-14(13)17-5-3-4-6-17/h7,13-14H,3-6,8-9H2,1-2H3,(H,16,18)/t13-,14-/m1/s1. The molecule has 0 bridgehead atoms. The maximum absolute atomic E-state index is 12.4. The van der Waals surface area contributed by atoms with Gasteiger partial charge in [0, 0.05) is 0 Å². The molecule has 0 saturated carbocycles. The van der Waals surface area contributed by atoms with Gasteiger partial charge in [0.15, 0.2) is 0 Å². The Labute approximate surface area is 119 Å². The average molecular weight is 278 g/mol. The van der Waals surface area contributed by atoms with E-state index in [1.165, 1.54) is 12.8 Å². The highest BCUT2D eigenvalue weighted by Gasteiger charge is 2.35. The molecule has 0 unspecified atom stereocenters. The van der Waals surface area contributed by atoms with Crippen LogP contribution in [0.1, 0.15) is 34.7 Å². The summed E-state index contributed by atoms with van der Waals surface area (Å²) in [5, 5.41) is 3.11. The summed E-state index contributed by atoms with van der Waals surface area (Å²) in [6.45, 7) is 7.23. The van der Waals surface area contributed by atoms with E-state index in [0.717, 1.165) is 18.8 Å². The second-order valence-corrected chi connectivity index (χ2v) is 5.75. The van der Waals surface area contributed by atoms with Crippen LogP contribution in [0.4, 0.5) is 0 Å². The lowest BCUT2D eigenvalue weighted by atomic mass is 10.1. The Morgan fingerprint density at radius 2 is 2.05 bits per heavy atom. The minimum atomic E-state index is -0.0564. The molecule has 110 valence electrons. The normalized spacial score (nSPS) is 27.1. The number of furan rings is 1. The van der Waals surface area contributed by atoms with Crippen molar-refractivity contribution in [3.63, 3.8) is 0 Å². The van der Waals surface area contributed by atoms with Gasteiger partial charge in [-0.15, -0.1) is 0 Å². The smallest absolute Gasteiger partial charge is 0.255 e. The van der Waals surface area contributed by atoms with Gasteiger partial charge in [-0.3, -0.25) is 9.69 Å². The molecule has 2 aliphatic rings. The molecule has 1 amide bonds. The fourth-order valence-electron chi connectivity index (χ4n) is 3.22. The molecule has 20 heavy (non-hydrogen) atoms. The second-order valence-electron chi connectivity index (χ2n) is 5.75. The molecular weight excluding hydrogens is 256 g/mol. The number of carbonyl (C=O) groups excluding carboxylic acids is 1. The zero-order valence-electron chi connectivity index (χ0n) is 12.1. The van der Waals surface area contributed by atoms with Gasteiger partial charge >= 0.3 is 0 Å². The van der Waals surface area contributed by atoms with E-state index in [4.69, 9.17) is 9.15 Å². The van der Waals surface area contributed by atoms with Crippen LogP contribution in [-0.4, -0.2) is 49.2 Å². The number of carbonyl (C=O) groups is 1. The number of ether oxygens (including phenoxy) is 1. The number of nitrogens with one attached hydrogen (secondary N) is 1. The number of nitrogens with zero attached hydrogens (tertiary/aromatic N) is 1. The van der Waals surface area contributed by atoms with E-state index in [-0.39, 0.29) is 11.9 Å². The number of likely N-dealkylation sites (tertiary alicyclic amines) is 1. The van der Waals surface area contributed by atoms with Gasteiger partial charge in [-0.25, -0.2) is 0 Å². The molecule has 5 heteroatoms. The third-order valence-electron chi connectivity index (χ3n) is 4.26. The van der Waals surface area contributed by atoms with Crippen molar-refractivity contribution in [2.24, 2.45) is 0 Å². The van der Waals surface area contributed by atoms with Crippen molar-refractivity contribution in [2.45, 2.75) is 38.8 Å². The van der Waals surface area contributed by atoms with Crippen LogP contribution < -0.4 is 5.32 Å². The van der Waals surface area contributed by atoms with Gasteiger partial charge in [0.25, 0.3) is 5.91 Å². The molecule has 0 radical (unpaired) electrons. The second kappa shape index (κ2) is 5.58. The van der Waals surface area contributed by atoms with Gasteiger partial charge in [0.05, 0.1) is 30.9 Å². The van der Waals surface area contributed by atoms with E-state index in [2.05, 4.69) is 10.2 Å². The van der Waals surface area contributed by atoms with Crippen LogP contribution in [0, 0.1) is 13.8 Å². The number of aryl methyl sites for hydroxylation is 2. The molecule has 1 aromatic heterocycles. The highest BCUT2D eigenvalue weighted by atomic mass is 16.5. The van der Waals surface area contributed by atoms with Crippen molar-refractivity contribution in [1.29, 1.82) is 0 Å². The summed E-state index contributed by atoms with van der Waals surface area (Å²) in [6, 6.07) is 2.19. The molecule has 5 nitrogen and oxygen atoms in total. The summed E-state index contributed by atoms with van der Waals surface area (Å²) >= 11 is 0. The van der Waals surface area contributed by atoms with Crippen molar-refractivity contribution in [2.75, 3.05) is 26.3 Å². The number of hydrogen-bond acceptors (Lipinski definition) is 4. The van der Waals surface area contributed by atoms with Gasteiger partial charge in [-0.2, -0.15) is 0 Å². The van der Waals surface area contributed by atoms with Crippen molar-refractivity contribution >= 4 is 5.91 Å². The highest BCUT2D eigenvalue weighted by molar-refractivity contribution is 5.95. The molecule has 2 fully saturated rings. The maximum atomic E-state index is 12.4. The Bertz CT molecular complexity index is 491. The highest BCUT2D eigenvalue weighted by Crippen LogP contribution is 2.20. The Balaban J connectivity index is 1.67. The maximum Gasteiger partial charge on any atom is 0.255 e. The first kappa shape index (κ1) is 13.6. The van der Waals surface area contributed by atoms with Crippen LogP contribution in [0.5, 0.6) is 0 Å². The third-order valence-corrected chi connectivity index (χ3v) is 4.26. The van der Waals surface area contributed by atoms with Crippen molar-refractivity contribution in [3.8, 4) is 0 Å². The summed E-state index contributed by atoms with van der Waals surface area (Å²) in [7, 11) is 0. The molecule has 0 spiro atoms. The average Bonchev–Trinajstić information content (AvgIpc) is 3.09. The van der Waals surface area contributed by atoms with Gasteiger partial charge in [-0.05, 0) is 45.8 Å². The van der Waals surface area contributed by atoms with Gasteiger partial charge in [0.2, 0.25) is 0 Å². The molecule has 0 aromatic carbocycles. The van der Waals surface area contributed by atoms with Crippen LogP contribution in [-0.2, 0) is 4.74 Å². The van der Waals surface area contributed by atoms with E-state index >= 15 is 0 Å². The minimum Gasteiger partial charge on any atom is -0.466 e. The molecule has 2 atom stereocenters. The molecular formula is C15H22N2O3. The third kappa shape index (κ3) is 2.60. The molecule has 1 N–H and O–H groups in total. The lowest BCUT2D eigenvalue weighted by Crippen LogP contribution is -2.50. The topological polar surface area (TPSA) is 54.7 Å². The number of hydrogen-bond donors (Lipinski definition) is 1. The fourth-order valence-corrected chi connectivity index (χ4v) is 3.22. The quantitative estimate of drug-likeness (QED) is 0.910. The van der Waals surface area contributed by atoms with Crippen LogP contribution in [0.2, 0.25) is 0 Å².